The molecule has 1 aromatic carbocycles. The monoisotopic (exact) mass is 248 g/mol. The van der Waals surface area contributed by atoms with Crippen LogP contribution >= 0.6 is 0 Å². The van der Waals surface area contributed by atoms with Crippen LogP contribution in [0.3, 0.4) is 0 Å². The van der Waals surface area contributed by atoms with Crippen molar-refractivity contribution in [1.29, 1.82) is 0 Å². The SMILES string of the molecule is Nc1ccc(C(=O)NC2(CO)CCCCC2)cc1. The van der Waals surface area contributed by atoms with Gasteiger partial charge in [-0.1, -0.05) is 19.3 Å². The van der Waals surface area contributed by atoms with E-state index in [-0.39, 0.29) is 12.5 Å². The van der Waals surface area contributed by atoms with Gasteiger partial charge in [-0.05, 0) is 37.1 Å². The van der Waals surface area contributed by atoms with Crippen molar-refractivity contribution in [2.75, 3.05) is 12.3 Å². The predicted octanol–water partition coefficient (Wildman–Crippen LogP) is 1.69. The molecule has 4 N–H and O–H groups in total. The maximum atomic E-state index is 12.1. The summed E-state index contributed by atoms with van der Waals surface area (Å²) >= 11 is 0. The second-order valence-corrected chi connectivity index (χ2v) is 5.08. The van der Waals surface area contributed by atoms with E-state index in [1.807, 2.05) is 0 Å². The Kier molecular flexibility index (Phi) is 3.87. The molecule has 0 aliphatic heterocycles. The summed E-state index contributed by atoms with van der Waals surface area (Å²) in [6, 6.07) is 6.83. The molecular weight excluding hydrogens is 228 g/mol. The van der Waals surface area contributed by atoms with Gasteiger partial charge in [-0.2, -0.15) is 0 Å². The van der Waals surface area contributed by atoms with Crippen molar-refractivity contribution in [3.05, 3.63) is 29.8 Å². The number of nitrogens with one attached hydrogen (secondary N) is 1. The van der Waals surface area contributed by atoms with Gasteiger partial charge in [-0.15, -0.1) is 0 Å². The second kappa shape index (κ2) is 5.40. The number of hydrogen-bond acceptors (Lipinski definition) is 3. The van der Waals surface area contributed by atoms with Crippen LogP contribution in [0.2, 0.25) is 0 Å². The molecule has 0 aromatic heterocycles. The first-order valence-electron chi connectivity index (χ1n) is 6.44. The van der Waals surface area contributed by atoms with Crippen molar-refractivity contribution >= 4 is 11.6 Å². The highest BCUT2D eigenvalue weighted by molar-refractivity contribution is 5.95. The molecule has 1 amide bonds. The van der Waals surface area contributed by atoms with E-state index in [9.17, 15) is 9.90 Å². The average Bonchev–Trinajstić information content (AvgIpc) is 2.40. The van der Waals surface area contributed by atoms with E-state index in [0.29, 0.717) is 11.3 Å². The van der Waals surface area contributed by atoms with Crippen LogP contribution in [-0.2, 0) is 0 Å². The summed E-state index contributed by atoms with van der Waals surface area (Å²) in [7, 11) is 0. The lowest BCUT2D eigenvalue weighted by Gasteiger charge is -2.36. The minimum atomic E-state index is -0.434. The summed E-state index contributed by atoms with van der Waals surface area (Å²) < 4.78 is 0. The number of nitrogen functional groups attached to an aromatic ring is 1. The first-order valence-corrected chi connectivity index (χ1v) is 6.44. The Bertz CT molecular complexity index is 408. The van der Waals surface area contributed by atoms with Gasteiger partial charge < -0.3 is 16.2 Å². The number of anilines is 1. The molecule has 1 fully saturated rings. The molecule has 0 spiro atoms. The van der Waals surface area contributed by atoms with E-state index in [4.69, 9.17) is 5.73 Å². The normalized spacial score (nSPS) is 18.3. The van der Waals surface area contributed by atoms with Crippen LogP contribution in [0.4, 0.5) is 5.69 Å². The zero-order valence-electron chi connectivity index (χ0n) is 10.5. The number of amides is 1. The molecule has 0 heterocycles. The maximum Gasteiger partial charge on any atom is 0.251 e. The first kappa shape index (κ1) is 12.9. The molecule has 98 valence electrons. The lowest BCUT2D eigenvalue weighted by atomic mass is 9.82. The van der Waals surface area contributed by atoms with Crippen LogP contribution in [0.1, 0.15) is 42.5 Å². The van der Waals surface area contributed by atoms with Gasteiger partial charge in [0.05, 0.1) is 12.1 Å². The van der Waals surface area contributed by atoms with Gasteiger partial charge >= 0.3 is 0 Å². The van der Waals surface area contributed by atoms with Crippen LogP contribution in [-0.4, -0.2) is 23.2 Å². The molecule has 0 unspecified atom stereocenters. The van der Waals surface area contributed by atoms with Crippen molar-refractivity contribution in [3.63, 3.8) is 0 Å². The molecule has 1 aliphatic carbocycles. The summed E-state index contributed by atoms with van der Waals surface area (Å²) in [5, 5.41) is 12.5. The largest absolute Gasteiger partial charge is 0.399 e. The van der Waals surface area contributed by atoms with Gasteiger partial charge in [0.15, 0.2) is 0 Å². The van der Waals surface area contributed by atoms with Gasteiger partial charge in [-0.3, -0.25) is 4.79 Å². The van der Waals surface area contributed by atoms with Crippen LogP contribution in [0, 0.1) is 0 Å². The molecule has 1 saturated carbocycles. The van der Waals surface area contributed by atoms with E-state index in [1.165, 1.54) is 6.42 Å². The highest BCUT2D eigenvalue weighted by Gasteiger charge is 2.32. The molecule has 0 radical (unpaired) electrons. The second-order valence-electron chi connectivity index (χ2n) is 5.08. The van der Waals surface area contributed by atoms with Gasteiger partial charge in [0.2, 0.25) is 0 Å². The zero-order valence-corrected chi connectivity index (χ0v) is 10.5. The standard InChI is InChI=1S/C14H20N2O2/c15-12-6-4-11(5-7-12)13(18)16-14(10-17)8-2-1-3-9-14/h4-7,17H,1-3,8-10,15H2,(H,16,18). The van der Waals surface area contributed by atoms with Gasteiger partial charge in [0, 0.05) is 11.3 Å². The Balaban J connectivity index is 2.07. The van der Waals surface area contributed by atoms with Gasteiger partial charge in [-0.25, -0.2) is 0 Å². The lowest BCUT2D eigenvalue weighted by molar-refractivity contribution is 0.0758. The lowest BCUT2D eigenvalue weighted by Crippen LogP contribution is -2.52. The summed E-state index contributed by atoms with van der Waals surface area (Å²) in [4.78, 5) is 12.1. The van der Waals surface area contributed by atoms with Gasteiger partial charge in [0.25, 0.3) is 5.91 Å². The molecule has 4 heteroatoms. The molecule has 2 rings (SSSR count). The minimum Gasteiger partial charge on any atom is -0.399 e. The van der Waals surface area contributed by atoms with Crippen molar-refractivity contribution in [1.82, 2.24) is 5.32 Å². The Labute approximate surface area is 107 Å². The Morgan fingerprint density at radius 3 is 2.39 bits per heavy atom. The summed E-state index contributed by atoms with van der Waals surface area (Å²) in [5.41, 5.74) is 6.38. The third kappa shape index (κ3) is 2.82. The van der Waals surface area contributed by atoms with Gasteiger partial charge in [0.1, 0.15) is 0 Å². The fourth-order valence-electron chi connectivity index (χ4n) is 2.50. The molecule has 0 bridgehead atoms. The van der Waals surface area contributed by atoms with Crippen LogP contribution < -0.4 is 11.1 Å². The number of aliphatic hydroxyl groups excluding tert-OH is 1. The quantitative estimate of drug-likeness (QED) is 0.713. The summed E-state index contributed by atoms with van der Waals surface area (Å²) in [6.45, 7) is 0.00765. The van der Waals surface area contributed by atoms with Crippen molar-refractivity contribution in [2.24, 2.45) is 0 Å². The van der Waals surface area contributed by atoms with Crippen molar-refractivity contribution < 1.29 is 9.90 Å². The van der Waals surface area contributed by atoms with E-state index in [1.54, 1.807) is 24.3 Å². The Hall–Kier alpha value is -1.55. The maximum absolute atomic E-state index is 12.1. The molecule has 1 aromatic rings. The van der Waals surface area contributed by atoms with E-state index in [0.717, 1.165) is 25.7 Å². The number of rotatable bonds is 3. The molecule has 1 aliphatic rings. The van der Waals surface area contributed by atoms with Crippen molar-refractivity contribution in [3.8, 4) is 0 Å². The summed E-state index contributed by atoms with van der Waals surface area (Å²) in [5.74, 6) is -0.133. The third-order valence-electron chi connectivity index (χ3n) is 3.66. The van der Waals surface area contributed by atoms with Crippen LogP contribution in [0.5, 0.6) is 0 Å². The highest BCUT2D eigenvalue weighted by atomic mass is 16.3. The molecular formula is C14H20N2O2. The molecule has 18 heavy (non-hydrogen) atoms. The first-order chi connectivity index (χ1) is 8.65. The number of benzene rings is 1. The Morgan fingerprint density at radius 1 is 1.22 bits per heavy atom. The van der Waals surface area contributed by atoms with Crippen molar-refractivity contribution in [2.45, 2.75) is 37.6 Å². The van der Waals surface area contributed by atoms with Crippen LogP contribution in [0.25, 0.3) is 0 Å². The number of carbonyl (C=O) groups is 1. The zero-order chi connectivity index (χ0) is 13.0. The topological polar surface area (TPSA) is 75.4 Å². The van der Waals surface area contributed by atoms with E-state index < -0.39 is 5.54 Å². The summed E-state index contributed by atoms with van der Waals surface area (Å²) in [6.07, 6.45) is 5.00. The molecule has 4 nitrogen and oxygen atoms in total. The average molecular weight is 248 g/mol. The minimum absolute atomic E-state index is 0.00765. The molecule has 0 saturated heterocycles. The van der Waals surface area contributed by atoms with E-state index in [2.05, 4.69) is 5.32 Å². The van der Waals surface area contributed by atoms with Crippen LogP contribution in [0.15, 0.2) is 24.3 Å². The number of aliphatic hydroxyl groups is 1. The van der Waals surface area contributed by atoms with E-state index >= 15 is 0 Å². The smallest absolute Gasteiger partial charge is 0.251 e. The highest BCUT2D eigenvalue weighted by Crippen LogP contribution is 2.28. The Morgan fingerprint density at radius 2 is 1.83 bits per heavy atom. The number of hydrogen-bond donors (Lipinski definition) is 3. The third-order valence-corrected chi connectivity index (χ3v) is 3.66. The number of nitrogens with two attached hydrogens (primary N) is 1. The predicted molar refractivity (Wildman–Crippen MR) is 71.2 cm³/mol. The fourth-order valence-corrected chi connectivity index (χ4v) is 2.50. The molecule has 0 atom stereocenters. The number of carbonyl (C=O) groups excluding carboxylic acids is 1. The fraction of sp³-hybridized carbons (Fsp3) is 0.500.